The maximum absolute atomic E-state index is 9.48. The van der Waals surface area contributed by atoms with Gasteiger partial charge in [0.2, 0.25) is 0 Å². The fourth-order valence-electron chi connectivity index (χ4n) is 1.32. The van der Waals surface area contributed by atoms with Crippen LogP contribution >= 0.6 is 22.6 Å². The molecule has 16 heavy (non-hydrogen) atoms. The Balaban J connectivity index is 2.25. The standard InChI is InChI=1S/C13H17IO2/c1-2-6-12(15)9-10-16-13(14)11-7-4-3-5-8-11/h2-5,7-8,12-13,15H,1,6,9-10H2. The Kier molecular flexibility index (Phi) is 6.68. The number of aliphatic hydroxyl groups is 1. The van der Waals surface area contributed by atoms with Crippen LogP contribution in [0.15, 0.2) is 43.0 Å². The van der Waals surface area contributed by atoms with Crippen LogP contribution in [0.3, 0.4) is 0 Å². The molecule has 0 saturated carbocycles. The van der Waals surface area contributed by atoms with Crippen molar-refractivity contribution in [3.8, 4) is 0 Å². The fourth-order valence-corrected chi connectivity index (χ4v) is 1.99. The molecule has 1 aromatic rings. The normalized spacial score (nSPS) is 14.4. The largest absolute Gasteiger partial charge is 0.393 e. The van der Waals surface area contributed by atoms with Gasteiger partial charge >= 0.3 is 0 Å². The lowest BCUT2D eigenvalue weighted by Crippen LogP contribution is -2.10. The molecule has 1 N–H and O–H groups in total. The summed E-state index contributed by atoms with van der Waals surface area (Å²) in [5.41, 5.74) is 1.15. The molecule has 1 rings (SSSR count). The van der Waals surface area contributed by atoms with Crippen LogP contribution in [0.4, 0.5) is 0 Å². The molecule has 0 bridgehead atoms. The van der Waals surface area contributed by atoms with Crippen molar-refractivity contribution < 1.29 is 9.84 Å². The van der Waals surface area contributed by atoms with E-state index in [1.54, 1.807) is 6.08 Å². The van der Waals surface area contributed by atoms with E-state index in [0.29, 0.717) is 19.4 Å². The Morgan fingerprint density at radius 3 is 2.69 bits per heavy atom. The van der Waals surface area contributed by atoms with Gasteiger partial charge in [-0.15, -0.1) is 6.58 Å². The first-order valence-corrected chi connectivity index (χ1v) is 6.58. The van der Waals surface area contributed by atoms with Crippen molar-refractivity contribution >= 4 is 22.6 Å². The Morgan fingerprint density at radius 1 is 1.38 bits per heavy atom. The molecular formula is C13H17IO2. The van der Waals surface area contributed by atoms with Crippen LogP contribution < -0.4 is 0 Å². The van der Waals surface area contributed by atoms with E-state index in [-0.39, 0.29) is 10.2 Å². The van der Waals surface area contributed by atoms with E-state index in [1.165, 1.54) is 0 Å². The summed E-state index contributed by atoms with van der Waals surface area (Å²) in [6.45, 7) is 4.16. The Morgan fingerprint density at radius 2 is 2.06 bits per heavy atom. The molecule has 0 aromatic heterocycles. The molecule has 2 nitrogen and oxygen atoms in total. The smallest absolute Gasteiger partial charge is 0.133 e. The van der Waals surface area contributed by atoms with Crippen molar-refractivity contribution in [2.45, 2.75) is 23.1 Å². The van der Waals surface area contributed by atoms with Crippen molar-refractivity contribution in [1.29, 1.82) is 0 Å². The fraction of sp³-hybridized carbons (Fsp3) is 0.385. The lowest BCUT2D eigenvalue weighted by Gasteiger charge is -2.13. The van der Waals surface area contributed by atoms with Gasteiger partial charge in [-0.05, 0) is 41.0 Å². The minimum absolute atomic E-state index is 0.0507. The zero-order valence-corrected chi connectivity index (χ0v) is 11.3. The van der Waals surface area contributed by atoms with Crippen LogP contribution in [0.5, 0.6) is 0 Å². The summed E-state index contributed by atoms with van der Waals surface area (Å²) in [6, 6.07) is 10.1. The molecule has 0 aliphatic heterocycles. The molecule has 0 radical (unpaired) electrons. The molecule has 0 fully saturated rings. The van der Waals surface area contributed by atoms with Crippen molar-refractivity contribution in [2.24, 2.45) is 0 Å². The van der Waals surface area contributed by atoms with Gasteiger partial charge in [0.25, 0.3) is 0 Å². The van der Waals surface area contributed by atoms with E-state index in [2.05, 4.69) is 29.2 Å². The van der Waals surface area contributed by atoms with Crippen molar-refractivity contribution in [2.75, 3.05) is 6.61 Å². The van der Waals surface area contributed by atoms with Crippen molar-refractivity contribution in [1.82, 2.24) is 0 Å². The predicted octanol–water partition coefficient (Wildman–Crippen LogP) is 3.46. The van der Waals surface area contributed by atoms with Crippen LogP contribution in [0.25, 0.3) is 0 Å². The summed E-state index contributed by atoms with van der Waals surface area (Å²) in [6.07, 6.45) is 2.67. The van der Waals surface area contributed by atoms with Gasteiger partial charge in [-0.2, -0.15) is 0 Å². The third-order valence-corrected chi connectivity index (χ3v) is 3.29. The second kappa shape index (κ2) is 7.81. The number of alkyl halides is 1. The first-order valence-electron chi connectivity index (χ1n) is 5.33. The van der Waals surface area contributed by atoms with E-state index >= 15 is 0 Å². The minimum atomic E-state index is -0.336. The van der Waals surface area contributed by atoms with Crippen molar-refractivity contribution in [3.63, 3.8) is 0 Å². The van der Waals surface area contributed by atoms with Gasteiger partial charge in [0.15, 0.2) is 0 Å². The molecule has 88 valence electrons. The van der Waals surface area contributed by atoms with Gasteiger partial charge < -0.3 is 9.84 Å². The average Bonchev–Trinajstić information content (AvgIpc) is 2.30. The summed E-state index contributed by atoms with van der Waals surface area (Å²) in [5, 5.41) is 9.48. The van der Waals surface area contributed by atoms with Crippen LogP contribution in [0.1, 0.15) is 22.5 Å². The number of halogens is 1. The van der Waals surface area contributed by atoms with Gasteiger partial charge in [-0.1, -0.05) is 36.4 Å². The predicted molar refractivity (Wildman–Crippen MR) is 74.6 cm³/mol. The molecule has 3 heteroatoms. The number of hydrogen-bond acceptors (Lipinski definition) is 2. The summed E-state index contributed by atoms with van der Waals surface area (Å²) < 4.78 is 5.69. The van der Waals surface area contributed by atoms with E-state index in [1.807, 2.05) is 30.3 Å². The lowest BCUT2D eigenvalue weighted by molar-refractivity contribution is 0.0767. The number of hydrogen-bond donors (Lipinski definition) is 1. The van der Waals surface area contributed by atoms with Crippen molar-refractivity contribution in [3.05, 3.63) is 48.6 Å². The molecule has 0 saturated heterocycles. The summed E-state index contributed by atoms with van der Waals surface area (Å²) in [4.78, 5) is 0. The van der Waals surface area contributed by atoms with Crippen LogP contribution in [0, 0.1) is 0 Å². The quantitative estimate of drug-likeness (QED) is 0.471. The van der Waals surface area contributed by atoms with Crippen LogP contribution in [0.2, 0.25) is 0 Å². The number of benzene rings is 1. The highest BCUT2D eigenvalue weighted by Crippen LogP contribution is 2.24. The SMILES string of the molecule is C=CCC(O)CCOC(I)c1ccccc1. The highest BCUT2D eigenvalue weighted by atomic mass is 127. The molecule has 0 aliphatic rings. The number of aliphatic hydroxyl groups excluding tert-OH is 1. The summed E-state index contributed by atoms with van der Waals surface area (Å²) >= 11 is 2.25. The van der Waals surface area contributed by atoms with Crippen LogP contribution in [-0.4, -0.2) is 17.8 Å². The molecule has 0 heterocycles. The van der Waals surface area contributed by atoms with Gasteiger partial charge in [-0.3, -0.25) is 0 Å². The van der Waals surface area contributed by atoms with E-state index in [4.69, 9.17) is 4.74 Å². The summed E-state index contributed by atoms with van der Waals surface area (Å²) in [5.74, 6) is 0. The first-order chi connectivity index (χ1) is 7.74. The average molecular weight is 332 g/mol. The number of rotatable bonds is 7. The lowest BCUT2D eigenvalue weighted by atomic mass is 10.2. The Labute approximate surface area is 110 Å². The first kappa shape index (κ1) is 13.7. The van der Waals surface area contributed by atoms with Gasteiger partial charge in [0, 0.05) is 0 Å². The zero-order valence-electron chi connectivity index (χ0n) is 9.18. The maximum atomic E-state index is 9.48. The molecular weight excluding hydrogens is 315 g/mol. The van der Waals surface area contributed by atoms with Crippen LogP contribution in [-0.2, 0) is 4.74 Å². The summed E-state index contributed by atoms with van der Waals surface area (Å²) in [7, 11) is 0. The molecule has 1 aromatic carbocycles. The number of ether oxygens (including phenoxy) is 1. The van der Waals surface area contributed by atoms with E-state index < -0.39 is 0 Å². The Hall–Kier alpha value is -0.390. The zero-order chi connectivity index (χ0) is 11.8. The third kappa shape index (κ3) is 5.09. The third-order valence-electron chi connectivity index (χ3n) is 2.22. The second-order valence-corrected chi connectivity index (χ2v) is 4.70. The van der Waals surface area contributed by atoms with Gasteiger partial charge in [0.05, 0.1) is 12.7 Å². The van der Waals surface area contributed by atoms with E-state index in [0.717, 1.165) is 5.56 Å². The molecule has 2 unspecified atom stereocenters. The molecule has 0 amide bonds. The second-order valence-electron chi connectivity index (χ2n) is 3.56. The topological polar surface area (TPSA) is 29.5 Å². The molecule has 0 spiro atoms. The monoisotopic (exact) mass is 332 g/mol. The molecule has 2 atom stereocenters. The van der Waals surface area contributed by atoms with Gasteiger partial charge in [-0.25, -0.2) is 0 Å². The highest BCUT2D eigenvalue weighted by molar-refractivity contribution is 14.1. The Bertz CT molecular complexity index is 300. The van der Waals surface area contributed by atoms with E-state index in [9.17, 15) is 5.11 Å². The minimum Gasteiger partial charge on any atom is -0.393 e. The van der Waals surface area contributed by atoms with Gasteiger partial charge in [0.1, 0.15) is 4.11 Å². The highest BCUT2D eigenvalue weighted by Gasteiger charge is 2.08. The maximum Gasteiger partial charge on any atom is 0.133 e. The molecule has 0 aliphatic carbocycles.